The molecule has 1 aromatic carbocycles. The van der Waals surface area contributed by atoms with Crippen LogP contribution in [0, 0.1) is 0 Å². The molecule has 1 aromatic heterocycles. The molecule has 0 radical (unpaired) electrons. The summed E-state index contributed by atoms with van der Waals surface area (Å²) in [5.41, 5.74) is 1.18. The predicted octanol–water partition coefficient (Wildman–Crippen LogP) is 2.76. The van der Waals surface area contributed by atoms with Crippen molar-refractivity contribution < 1.29 is 9.15 Å². The van der Waals surface area contributed by atoms with Crippen LogP contribution in [-0.4, -0.2) is 13.7 Å². The van der Waals surface area contributed by atoms with Gasteiger partial charge >= 0.3 is 0 Å². The number of benzene rings is 1. The van der Waals surface area contributed by atoms with Crippen molar-refractivity contribution in [2.24, 2.45) is 0 Å². The van der Waals surface area contributed by atoms with E-state index in [0.29, 0.717) is 0 Å². The smallest absolute Gasteiger partial charge is 0.117 e. The van der Waals surface area contributed by atoms with Gasteiger partial charge in [-0.25, -0.2) is 0 Å². The second-order valence-electron chi connectivity index (χ2n) is 3.85. The first-order valence-corrected chi connectivity index (χ1v) is 5.71. The molecule has 17 heavy (non-hydrogen) atoms. The summed E-state index contributed by atoms with van der Waals surface area (Å²) < 4.78 is 10.7. The Morgan fingerprint density at radius 2 is 2.00 bits per heavy atom. The summed E-state index contributed by atoms with van der Waals surface area (Å²) in [7, 11) is 1.73. The zero-order valence-electron chi connectivity index (χ0n) is 9.93. The van der Waals surface area contributed by atoms with Gasteiger partial charge in [0.25, 0.3) is 0 Å². The van der Waals surface area contributed by atoms with Gasteiger partial charge in [-0.15, -0.1) is 0 Å². The fourth-order valence-corrected chi connectivity index (χ4v) is 1.74. The molecule has 1 unspecified atom stereocenters. The van der Waals surface area contributed by atoms with Crippen LogP contribution in [0.2, 0.25) is 0 Å². The fourth-order valence-electron chi connectivity index (χ4n) is 1.74. The summed E-state index contributed by atoms with van der Waals surface area (Å²) in [5, 5.41) is 3.32. The molecule has 0 saturated carbocycles. The van der Waals surface area contributed by atoms with Crippen LogP contribution in [0.5, 0.6) is 0 Å². The Kier molecular flexibility index (Phi) is 4.36. The normalized spacial score (nSPS) is 12.5. The van der Waals surface area contributed by atoms with E-state index in [4.69, 9.17) is 9.15 Å². The molecular formula is C14H17NO2. The molecule has 0 aliphatic heterocycles. The van der Waals surface area contributed by atoms with Gasteiger partial charge < -0.3 is 14.5 Å². The standard InChI is InChI=1S/C14H17NO2/c1-16-14(12-6-3-2-4-7-12)11-15-10-13-8-5-9-17-13/h2-9,14-15H,10-11H2,1H3. The van der Waals surface area contributed by atoms with Crippen molar-refractivity contribution in [2.45, 2.75) is 12.6 Å². The predicted molar refractivity (Wildman–Crippen MR) is 66.6 cm³/mol. The van der Waals surface area contributed by atoms with E-state index in [9.17, 15) is 0 Å². The zero-order valence-corrected chi connectivity index (χ0v) is 9.93. The highest BCUT2D eigenvalue weighted by Gasteiger charge is 2.09. The quantitative estimate of drug-likeness (QED) is 0.830. The Hall–Kier alpha value is -1.58. The van der Waals surface area contributed by atoms with E-state index in [1.54, 1.807) is 13.4 Å². The van der Waals surface area contributed by atoms with Gasteiger partial charge in [-0.2, -0.15) is 0 Å². The van der Waals surface area contributed by atoms with E-state index in [-0.39, 0.29) is 6.10 Å². The Morgan fingerprint density at radius 1 is 1.18 bits per heavy atom. The Bertz CT molecular complexity index is 411. The summed E-state index contributed by atoms with van der Waals surface area (Å²) in [4.78, 5) is 0. The maximum Gasteiger partial charge on any atom is 0.117 e. The zero-order chi connectivity index (χ0) is 11.9. The van der Waals surface area contributed by atoms with Crippen molar-refractivity contribution in [1.82, 2.24) is 5.32 Å². The van der Waals surface area contributed by atoms with Gasteiger partial charge in [0.2, 0.25) is 0 Å². The van der Waals surface area contributed by atoms with E-state index in [1.165, 1.54) is 5.56 Å². The maximum absolute atomic E-state index is 5.46. The minimum absolute atomic E-state index is 0.0752. The second kappa shape index (κ2) is 6.23. The highest BCUT2D eigenvalue weighted by atomic mass is 16.5. The fraction of sp³-hybridized carbons (Fsp3) is 0.286. The minimum atomic E-state index is 0.0752. The average Bonchev–Trinajstić information content (AvgIpc) is 2.89. The first kappa shape index (κ1) is 11.9. The highest BCUT2D eigenvalue weighted by Crippen LogP contribution is 2.15. The molecule has 0 fully saturated rings. The molecular weight excluding hydrogens is 214 g/mol. The summed E-state index contributed by atoms with van der Waals surface area (Å²) >= 11 is 0. The summed E-state index contributed by atoms with van der Waals surface area (Å²) in [5.74, 6) is 0.938. The van der Waals surface area contributed by atoms with Gasteiger partial charge in [0, 0.05) is 13.7 Å². The molecule has 0 aliphatic carbocycles. The third kappa shape index (κ3) is 3.44. The van der Waals surface area contributed by atoms with Crippen molar-refractivity contribution in [3.63, 3.8) is 0 Å². The van der Waals surface area contributed by atoms with Crippen molar-refractivity contribution in [3.8, 4) is 0 Å². The van der Waals surface area contributed by atoms with Gasteiger partial charge in [0.15, 0.2) is 0 Å². The summed E-state index contributed by atoms with van der Waals surface area (Å²) in [6.07, 6.45) is 1.76. The van der Waals surface area contributed by atoms with Crippen LogP contribution in [0.3, 0.4) is 0 Å². The topological polar surface area (TPSA) is 34.4 Å². The molecule has 0 amide bonds. The van der Waals surface area contributed by atoms with E-state index < -0.39 is 0 Å². The van der Waals surface area contributed by atoms with Gasteiger partial charge in [-0.1, -0.05) is 30.3 Å². The van der Waals surface area contributed by atoms with Crippen LogP contribution in [0.4, 0.5) is 0 Å². The van der Waals surface area contributed by atoms with Crippen LogP contribution in [0.25, 0.3) is 0 Å². The van der Waals surface area contributed by atoms with Gasteiger partial charge in [0.05, 0.1) is 18.9 Å². The van der Waals surface area contributed by atoms with Crippen molar-refractivity contribution in [1.29, 1.82) is 0 Å². The van der Waals surface area contributed by atoms with Crippen LogP contribution in [0.15, 0.2) is 53.1 Å². The molecule has 3 nitrogen and oxygen atoms in total. The lowest BCUT2D eigenvalue weighted by molar-refractivity contribution is 0.102. The molecule has 3 heteroatoms. The van der Waals surface area contributed by atoms with Crippen LogP contribution < -0.4 is 5.32 Å². The number of nitrogens with one attached hydrogen (secondary N) is 1. The average molecular weight is 231 g/mol. The highest BCUT2D eigenvalue weighted by molar-refractivity contribution is 5.17. The SMILES string of the molecule is COC(CNCc1ccco1)c1ccccc1. The molecule has 0 saturated heterocycles. The lowest BCUT2D eigenvalue weighted by Gasteiger charge is -2.16. The van der Waals surface area contributed by atoms with Crippen molar-refractivity contribution >= 4 is 0 Å². The number of hydrogen-bond donors (Lipinski definition) is 1. The van der Waals surface area contributed by atoms with E-state index in [0.717, 1.165) is 18.8 Å². The minimum Gasteiger partial charge on any atom is -0.468 e. The van der Waals surface area contributed by atoms with Gasteiger partial charge in [-0.05, 0) is 17.7 Å². The molecule has 0 spiro atoms. The van der Waals surface area contributed by atoms with Crippen LogP contribution >= 0.6 is 0 Å². The van der Waals surface area contributed by atoms with Crippen LogP contribution in [-0.2, 0) is 11.3 Å². The van der Waals surface area contributed by atoms with Crippen molar-refractivity contribution in [2.75, 3.05) is 13.7 Å². The third-order valence-corrected chi connectivity index (χ3v) is 2.66. The van der Waals surface area contributed by atoms with E-state index in [1.807, 2.05) is 30.3 Å². The van der Waals surface area contributed by atoms with Crippen LogP contribution in [0.1, 0.15) is 17.4 Å². The number of furan rings is 1. The maximum atomic E-state index is 5.46. The Labute approximate surface area is 101 Å². The first-order chi connectivity index (χ1) is 8.40. The summed E-state index contributed by atoms with van der Waals surface area (Å²) in [6.45, 7) is 1.49. The molecule has 90 valence electrons. The molecule has 1 N–H and O–H groups in total. The first-order valence-electron chi connectivity index (χ1n) is 5.71. The lowest BCUT2D eigenvalue weighted by Crippen LogP contribution is -2.22. The lowest BCUT2D eigenvalue weighted by atomic mass is 10.1. The Morgan fingerprint density at radius 3 is 2.65 bits per heavy atom. The number of rotatable bonds is 6. The van der Waals surface area contributed by atoms with Gasteiger partial charge in [-0.3, -0.25) is 0 Å². The summed E-state index contributed by atoms with van der Waals surface area (Å²) in [6, 6.07) is 14.0. The van der Waals surface area contributed by atoms with Gasteiger partial charge in [0.1, 0.15) is 5.76 Å². The monoisotopic (exact) mass is 231 g/mol. The van der Waals surface area contributed by atoms with E-state index in [2.05, 4.69) is 17.4 Å². The molecule has 1 heterocycles. The Balaban J connectivity index is 1.84. The van der Waals surface area contributed by atoms with Crippen molar-refractivity contribution in [3.05, 3.63) is 60.1 Å². The largest absolute Gasteiger partial charge is 0.468 e. The molecule has 2 aromatic rings. The number of methoxy groups -OCH3 is 1. The molecule has 2 rings (SSSR count). The second-order valence-corrected chi connectivity index (χ2v) is 3.85. The molecule has 0 bridgehead atoms. The number of ether oxygens (including phenoxy) is 1. The molecule has 0 aliphatic rings. The third-order valence-electron chi connectivity index (χ3n) is 2.66. The number of hydrogen-bond acceptors (Lipinski definition) is 3. The molecule has 1 atom stereocenters. The van der Waals surface area contributed by atoms with E-state index >= 15 is 0 Å².